The fourth-order valence-corrected chi connectivity index (χ4v) is 10.2. The number of hydrogen-bond donors (Lipinski definition) is 0. The van der Waals surface area contributed by atoms with E-state index in [1.54, 1.807) is 0 Å². The van der Waals surface area contributed by atoms with Gasteiger partial charge >= 0.3 is 0 Å². The third kappa shape index (κ3) is 4.55. The minimum atomic E-state index is 0.513. The van der Waals surface area contributed by atoms with Crippen LogP contribution in [-0.2, 0) is 0 Å². The van der Waals surface area contributed by atoms with Gasteiger partial charge in [-0.2, -0.15) is 5.26 Å². The smallest absolute Gasteiger partial charge is 0.161 e. The van der Waals surface area contributed by atoms with E-state index in [1.807, 2.05) is 59.9 Å². The highest BCUT2D eigenvalue weighted by atomic mass is 32.1. The van der Waals surface area contributed by atoms with Crippen molar-refractivity contribution in [1.82, 2.24) is 19.1 Å². The van der Waals surface area contributed by atoms with Crippen molar-refractivity contribution in [2.45, 2.75) is 0 Å². The number of benzene rings is 8. The molecule has 6 heteroatoms. The van der Waals surface area contributed by atoms with Crippen molar-refractivity contribution in [3.05, 3.63) is 181 Å². The lowest BCUT2D eigenvalue weighted by atomic mass is 10.0. The molecule has 0 amide bonds. The average molecular weight is 744 g/mol. The molecule has 0 spiro atoms. The van der Waals surface area contributed by atoms with Crippen LogP contribution in [0.15, 0.2) is 176 Å². The maximum Gasteiger partial charge on any atom is 0.161 e. The Morgan fingerprint density at radius 1 is 0.491 bits per heavy atom. The zero-order valence-electron chi connectivity index (χ0n) is 30.4. The summed E-state index contributed by atoms with van der Waals surface area (Å²) in [6.07, 6.45) is 0. The molecule has 0 N–H and O–H groups in total. The first kappa shape index (κ1) is 31.7. The van der Waals surface area contributed by atoms with Gasteiger partial charge in [0.05, 0.1) is 44.9 Å². The zero-order valence-corrected chi connectivity index (χ0v) is 31.2. The summed E-state index contributed by atoms with van der Waals surface area (Å²) >= 11 is 1.86. The third-order valence-electron chi connectivity index (χ3n) is 11.3. The second-order valence-corrected chi connectivity index (χ2v) is 15.5. The van der Waals surface area contributed by atoms with Crippen molar-refractivity contribution in [2.75, 3.05) is 0 Å². The van der Waals surface area contributed by atoms with Crippen LogP contribution < -0.4 is 0 Å². The lowest BCUT2D eigenvalue weighted by Gasteiger charge is -2.14. The summed E-state index contributed by atoms with van der Waals surface area (Å²) in [6, 6.07) is 63.9. The Hall–Kier alpha value is -7.59. The normalized spacial score (nSPS) is 11.8. The molecule has 0 aliphatic carbocycles. The third-order valence-corrected chi connectivity index (χ3v) is 12.5. The van der Waals surface area contributed by atoms with Crippen LogP contribution in [0.1, 0.15) is 5.56 Å². The van der Waals surface area contributed by atoms with Gasteiger partial charge in [0.25, 0.3) is 0 Å². The predicted octanol–water partition coefficient (Wildman–Crippen LogP) is 13.4. The highest BCUT2D eigenvalue weighted by Crippen LogP contribution is 2.51. The van der Waals surface area contributed by atoms with Crippen molar-refractivity contribution in [3.63, 3.8) is 0 Å². The predicted molar refractivity (Wildman–Crippen MR) is 237 cm³/mol. The van der Waals surface area contributed by atoms with Crippen molar-refractivity contribution >= 4 is 86.0 Å². The van der Waals surface area contributed by atoms with Gasteiger partial charge in [-0.25, -0.2) is 9.97 Å². The molecule has 12 rings (SSSR count). The number of aromatic nitrogens is 4. The largest absolute Gasteiger partial charge is 0.308 e. The molecule has 0 unspecified atom stereocenters. The Balaban J connectivity index is 1.21. The Labute approximate surface area is 330 Å². The van der Waals surface area contributed by atoms with E-state index >= 15 is 0 Å². The van der Waals surface area contributed by atoms with E-state index in [1.165, 1.54) is 47.2 Å². The van der Waals surface area contributed by atoms with Gasteiger partial charge in [0, 0.05) is 69.6 Å². The van der Waals surface area contributed by atoms with E-state index in [0.717, 1.165) is 50.1 Å². The molecule has 0 bridgehead atoms. The molecule has 264 valence electrons. The molecule has 4 aromatic heterocycles. The summed E-state index contributed by atoms with van der Waals surface area (Å²) in [5, 5.41) is 19.1. The monoisotopic (exact) mass is 743 g/mol. The number of nitriles is 1. The van der Waals surface area contributed by atoms with Gasteiger partial charge in [-0.1, -0.05) is 121 Å². The van der Waals surface area contributed by atoms with E-state index in [0.29, 0.717) is 17.0 Å². The minimum Gasteiger partial charge on any atom is -0.308 e. The van der Waals surface area contributed by atoms with Crippen LogP contribution in [0.5, 0.6) is 0 Å². The summed E-state index contributed by atoms with van der Waals surface area (Å²) in [4.78, 5) is 10.2. The molecule has 5 nitrogen and oxygen atoms in total. The van der Waals surface area contributed by atoms with Crippen LogP contribution in [0, 0.1) is 11.3 Å². The molecule has 8 aromatic carbocycles. The molecule has 0 aliphatic rings. The molecule has 0 saturated heterocycles. The lowest BCUT2D eigenvalue weighted by Crippen LogP contribution is -2.00. The van der Waals surface area contributed by atoms with Crippen LogP contribution in [0.3, 0.4) is 0 Å². The molecule has 0 fully saturated rings. The standard InChI is InChI=1S/C51H29N5S/c52-30-32-29-34(27-28-35(32)51-53-40-23-11-7-19-36(40)47(54-51)31-15-3-1-4-16-31)56-42-25-13-9-21-38(42)45-48(56)44-37-20-8-12-24-41(37)55(33-17-5-2-6-18-33)49(44)46-39-22-10-14-26-43(39)57-50(45)46/h1-29H. The molecule has 12 aromatic rings. The van der Waals surface area contributed by atoms with Crippen LogP contribution in [-0.4, -0.2) is 19.1 Å². The summed E-state index contributed by atoms with van der Waals surface area (Å²) < 4.78 is 7.33. The highest BCUT2D eigenvalue weighted by Gasteiger charge is 2.27. The fourth-order valence-electron chi connectivity index (χ4n) is 8.96. The Morgan fingerprint density at radius 3 is 1.81 bits per heavy atom. The van der Waals surface area contributed by atoms with Crippen LogP contribution >= 0.6 is 11.3 Å². The van der Waals surface area contributed by atoms with E-state index in [4.69, 9.17) is 9.97 Å². The number of thiophene rings is 1. The van der Waals surface area contributed by atoms with Gasteiger partial charge in [0.2, 0.25) is 0 Å². The van der Waals surface area contributed by atoms with Crippen molar-refractivity contribution in [3.8, 4) is 40.1 Å². The Morgan fingerprint density at radius 2 is 1.07 bits per heavy atom. The van der Waals surface area contributed by atoms with Crippen molar-refractivity contribution in [2.24, 2.45) is 0 Å². The summed E-state index contributed by atoms with van der Waals surface area (Å²) in [5.41, 5.74) is 10.5. The van der Waals surface area contributed by atoms with Crippen molar-refractivity contribution in [1.29, 1.82) is 5.26 Å². The fraction of sp³-hybridized carbons (Fsp3) is 0. The number of para-hydroxylation sites is 4. The van der Waals surface area contributed by atoms with Crippen LogP contribution in [0.25, 0.3) is 109 Å². The average Bonchev–Trinajstić information content (AvgIpc) is 3.94. The maximum atomic E-state index is 10.9. The maximum absolute atomic E-state index is 10.9. The number of rotatable bonds is 4. The molecule has 4 heterocycles. The van der Waals surface area contributed by atoms with Crippen molar-refractivity contribution < 1.29 is 0 Å². The summed E-state index contributed by atoms with van der Waals surface area (Å²) in [5.74, 6) is 0.526. The first-order valence-corrected chi connectivity index (χ1v) is 19.8. The van der Waals surface area contributed by atoms with Gasteiger partial charge in [0.15, 0.2) is 5.82 Å². The van der Waals surface area contributed by atoms with Gasteiger partial charge < -0.3 is 9.13 Å². The highest BCUT2D eigenvalue weighted by molar-refractivity contribution is 7.27. The Bertz CT molecular complexity index is 3640. The van der Waals surface area contributed by atoms with E-state index in [-0.39, 0.29) is 0 Å². The Kier molecular flexibility index (Phi) is 6.80. The van der Waals surface area contributed by atoms with Gasteiger partial charge in [-0.15, -0.1) is 11.3 Å². The first-order valence-electron chi connectivity index (χ1n) is 19.0. The molecular formula is C51H29N5S. The lowest BCUT2D eigenvalue weighted by molar-refractivity contribution is 1.17. The van der Waals surface area contributed by atoms with Gasteiger partial charge in [-0.05, 0) is 54.6 Å². The number of fused-ring (bicyclic) bond motifs is 13. The van der Waals surface area contributed by atoms with Gasteiger partial charge in [-0.3, -0.25) is 0 Å². The topological polar surface area (TPSA) is 59.4 Å². The molecular weight excluding hydrogens is 715 g/mol. The second kappa shape index (κ2) is 12.2. The minimum absolute atomic E-state index is 0.513. The van der Waals surface area contributed by atoms with Gasteiger partial charge in [0.1, 0.15) is 0 Å². The van der Waals surface area contributed by atoms with Crippen LogP contribution in [0.4, 0.5) is 0 Å². The van der Waals surface area contributed by atoms with E-state index < -0.39 is 0 Å². The van der Waals surface area contributed by atoms with Crippen LogP contribution in [0.2, 0.25) is 0 Å². The quantitative estimate of drug-likeness (QED) is 0.180. The molecule has 0 aliphatic heterocycles. The molecule has 0 atom stereocenters. The number of hydrogen-bond acceptors (Lipinski definition) is 4. The summed E-state index contributed by atoms with van der Waals surface area (Å²) in [7, 11) is 0. The molecule has 57 heavy (non-hydrogen) atoms. The zero-order chi connectivity index (χ0) is 37.6. The second-order valence-electron chi connectivity index (χ2n) is 14.4. The SMILES string of the molecule is N#Cc1cc(-n2c3ccccc3c3c4sc5ccccc5c4c4c(c5ccccc5n4-c4ccccc4)c32)ccc1-c1nc(-c2ccccc2)c2ccccc2n1. The molecule has 0 saturated carbocycles. The number of nitrogens with zero attached hydrogens (tertiary/aromatic N) is 5. The van der Waals surface area contributed by atoms with E-state index in [9.17, 15) is 5.26 Å². The first-order chi connectivity index (χ1) is 28.3. The molecule has 0 radical (unpaired) electrons. The van der Waals surface area contributed by atoms with E-state index in [2.05, 4.69) is 143 Å². The summed E-state index contributed by atoms with van der Waals surface area (Å²) in [6.45, 7) is 0.